The van der Waals surface area contributed by atoms with Gasteiger partial charge in [-0.3, -0.25) is 0 Å². The summed E-state index contributed by atoms with van der Waals surface area (Å²) in [5.41, 5.74) is 0.778. The van der Waals surface area contributed by atoms with E-state index in [2.05, 4.69) is 9.97 Å². The van der Waals surface area contributed by atoms with Gasteiger partial charge in [-0.2, -0.15) is 4.98 Å². The maximum Gasteiger partial charge on any atom is 0.220 e. The van der Waals surface area contributed by atoms with Gasteiger partial charge < -0.3 is 9.47 Å². The molecule has 2 aromatic rings. The largest absolute Gasteiger partial charge is 0.472 e. The zero-order chi connectivity index (χ0) is 18.6. The monoisotopic (exact) mass is 354 g/mol. The van der Waals surface area contributed by atoms with Crippen LogP contribution in [0.2, 0.25) is 0 Å². The number of ether oxygens (including phenoxy) is 2. The van der Waals surface area contributed by atoms with Crippen molar-refractivity contribution in [2.75, 3.05) is 13.7 Å². The van der Waals surface area contributed by atoms with E-state index in [0.717, 1.165) is 0 Å². The highest BCUT2D eigenvalue weighted by Gasteiger charge is 2.18. The summed E-state index contributed by atoms with van der Waals surface area (Å²) in [5, 5.41) is 0. The Hall–Kier alpha value is -2.15. The lowest BCUT2D eigenvalue weighted by Gasteiger charge is -2.19. The standard InChI is InChI=1S/C18H21F3N2O2/c1-5-13(9-24-4)25-18-10(2)17(22-11(3)23-18)8-14-15(20)6-12(19)7-16(14)21/h6-7,13H,5,8-9H2,1-4H3. The lowest BCUT2D eigenvalue weighted by molar-refractivity contribution is 0.0748. The molecule has 1 atom stereocenters. The van der Waals surface area contributed by atoms with Crippen molar-refractivity contribution in [2.45, 2.75) is 39.7 Å². The molecule has 25 heavy (non-hydrogen) atoms. The highest BCUT2D eigenvalue weighted by atomic mass is 19.1. The summed E-state index contributed by atoms with van der Waals surface area (Å²) in [5.74, 6) is -2.06. The van der Waals surface area contributed by atoms with Crippen LogP contribution in [-0.4, -0.2) is 29.8 Å². The molecule has 1 aromatic heterocycles. The fraction of sp³-hybridized carbons (Fsp3) is 0.444. The predicted molar refractivity (Wildman–Crippen MR) is 87.2 cm³/mol. The fourth-order valence-corrected chi connectivity index (χ4v) is 2.43. The van der Waals surface area contributed by atoms with Crippen LogP contribution in [0, 0.1) is 31.3 Å². The van der Waals surface area contributed by atoms with Gasteiger partial charge in [0.2, 0.25) is 5.88 Å². The second kappa shape index (κ2) is 8.29. The second-order valence-electron chi connectivity index (χ2n) is 5.78. The molecule has 0 aliphatic rings. The molecule has 0 aliphatic heterocycles. The fourth-order valence-electron chi connectivity index (χ4n) is 2.43. The van der Waals surface area contributed by atoms with Crippen molar-refractivity contribution in [1.29, 1.82) is 0 Å². The third kappa shape index (κ3) is 4.69. The number of methoxy groups -OCH3 is 1. The van der Waals surface area contributed by atoms with Crippen LogP contribution in [0.25, 0.3) is 0 Å². The van der Waals surface area contributed by atoms with Crippen molar-refractivity contribution in [2.24, 2.45) is 0 Å². The van der Waals surface area contributed by atoms with Gasteiger partial charge in [-0.25, -0.2) is 18.2 Å². The van der Waals surface area contributed by atoms with E-state index in [1.165, 1.54) is 0 Å². The van der Waals surface area contributed by atoms with Gasteiger partial charge in [-0.15, -0.1) is 0 Å². The first-order valence-corrected chi connectivity index (χ1v) is 7.98. The molecule has 0 saturated heterocycles. The number of hydrogen-bond acceptors (Lipinski definition) is 4. The lowest BCUT2D eigenvalue weighted by Crippen LogP contribution is -2.23. The molecule has 0 aliphatic carbocycles. The van der Waals surface area contributed by atoms with Gasteiger partial charge >= 0.3 is 0 Å². The van der Waals surface area contributed by atoms with Crippen molar-refractivity contribution in [1.82, 2.24) is 9.97 Å². The Morgan fingerprint density at radius 2 is 1.72 bits per heavy atom. The van der Waals surface area contributed by atoms with Crippen LogP contribution < -0.4 is 4.74 Å². The molecule has 2 rings (SSSR count). The number of benzene rings is 1. The molecule has 0 saturated carbocycles. The van der Waals surface area contributed by atoms with Crippen molar-refractivity contribution in [3.63, 3.8) is 0 Å². The molecule has 0 spiro atoms. The minimum absolute atomic E-state index is 0.120. The molecule has 1 heterocycles. The molecule has 136 valence electrons. The number of aromatic nitrogens is 2. The predicted octanol–water partition coefficient (Wildman–Crippen LogP) is 3.91. The normalized spacial score (nSPS) is 12.3. The lowest BCUT2D eigenvalue weighted by atomic mass is 10.0. The van der Waals surface area contributed by atoms with Crippen LogP contribution in [-0.2, 0) is 11.2 Å². The zero-order valence-corrected chi connectivity index (χ0v) is 14.7. The Morgan fingerprint density at radius 1 is 1.08 bits per heavy atom. The average molecular weight is 354 g/mol. The van der Waals surface area contributed by atoms with Crippen LogP contribution in [0.1, 0.15) is 36.0 Å². The Morgan fingerprint density at radius 3 is 2.28 bits per heavy atom. The summed E-state index contributed by atoms with van der Waals surface area (Å²) < 4.78 is 51.9. The Balaban J connectivity index is 2.36. The molecule has 0 radical (unpaired) electrons. The molecule has 0 N–H and O–H groups in total. The van der Waals surface area contributed by atoms with Crippen LogP contribution >= 0.6 is 0 Å². The maximum atomic E-state index is 13.9. The van der Waals surface area contributed by atoms with Crippen molar-refractivity contribution < 1.29 is 22.6 Å². The second-order valence-corrected chi connectivity index (χ2v) is 5.78. The molecule has 1 unspecified atom stereocenters. The smallest absolute Gasteiger partial charge is 0.220 e. The number of hydrogen-bond donors (Lipinski definition) is 0. The van der Waals surface area contributed by atoms with E-state index in [9.17, 15) is 13.2 Å². The molecule has 4 nitrogen and oxygen atoms in total. The van der Waals surface area contributed by atoms with Crippen LogP contribution in [0.4, 0.5) is 13.2 Å². The number of halogens is 3. The highest BCUT2D eigenvalue weighted by Crippen LogP contribution is 2.24. The molecule has 0 amide bonds. The van der Waals surface area contributed by atoms with Crippen molar-refractivity contribution >= 4 is 0 Å². The van der Waals surface area contributed by atoms with Crippen LogP contribution in [0.15, 0.2) is 12.1 Å². The SMILES string of the molecule is CCC(COC)Oc1nc(C)nc(Cc2c(F)cc(F)cc2F)c1C. The summed E-state index contributed by atoms with van der Waals surface area (Å²) in [6.45, 7) is 5.75. The molecular weight excluding hydrogens is 333 g/mol. The van der Waals surface area contributed by atoms with Crippen molar-refractivity contribution in [3.05, 3.63) is 52.2 Å². The molecule has 0 bridgehead atoms. The molecular formula is C18H21F3N2O2. The molecule has 0 fully saturated rings. The van der Waals surface area contributed by atoms with Gasteiger partial charge in [-0.05, 0) is 20.3 Å². The molecule has 7 heteroatoms. The first-order chi connectivity index (χ1) is 11.8. The van der Waals surface area contributed by atoms with Crippen LogP contribution in [0.3, 0.4) is 0 Å². The topological polar surface area (TPSA) is 44.2 Å². The van der Waals surface area contributed by atoms with E-state index in [-0.39, 0.29) is 18.1 Å². The first-order valence-electron chi connectivity index (χ1n) is 7.98. The molecule has 1 aromatic carbocycles. The zero-order valence-electron chi connectivity index (χ0n) is 14.7. The summed E-state index contributed by atoms with van der Waals surface area (Å²) >= 11 is 0. The summed E-state index contributed by atoms with van der Waals surface area (Å²) in [4.78, 5) is 8.53. The Labute approximate surface area is 145 Å². The van der Waals surface area contributed by atoms with E-state index in [1.807, 2.05) is 6.92 Å². The first kappa shape index (κ1) is 19.2. The summed E-state index contributed by atoms with van der Waals surface area (Å²) in [7, 11) is 1.58. The Bertz CT molecular complexity index is 730. The number of aryl methyl sites for hydroxylation is 1. The maximum absolute atomic E-state index is 13.9. The van der Waals surface area contributed by atoms with E-state index < -0.39 is 17.5 Å². The van der Waals surface area contributed by atoms with Gasteiger partial charge in [-0.1, -0.05) is 6.92 Å². The highest BCUT2D eigenvalue weighted by molar-refractivity contribution is 5.34. The Kier molecular flexibility index (Phi) is 6.36. The van der Waals surface area contributed by atoms with Gasteiger partial charge in [0, 0.05) is 36.8 Å². The minimum atomic E-state index is -0.955. The summed E-state index contributed by atoms with van der Waals surface area (Å²) in [6.07, 6.45) is 0.405. The number of nitrogens with zero attached hydrogens (tertiary/aromatic N) is 2. The number of rotatable bonds is 7. The van der Waals surface area contributed by atoms with E-state index >= 15 is 0 Å². The van der Waals surface area contributed by atoms with Gasteiger partial charge in [0.25, 0.3) is 0 Å². The van der Waals surface area contributed by atoms with E-state index in [0.29, 0.717) is 48.1 Å². The average Bonchev–Trinajstić information content (AvgIpc) is 2.54. The van der Waals surface area contributed by atoms with E-state index in [4.69, 9.17) is 9.47 Å². The van der Waals surface area contributed by atoms with Gasteiger partial charge in [0.15, 0.2) is 0 Å². The van der Waals surface area contributed by atoms with Crippen LogP contribution in [0.5, 0.6) is 5.88 Å². The van der Waals surface area contributed by atoms with Crippen molar-refractivity contribution in [3.8, 4) is 5.88 Å². The quantitative estimate of drug-likeness (QED) is 0.756. The minimum Gasteiger partial charge on any atom is -0.472 e. The third-order valence-corrected chi connectivity index (χ3v) is 3.85. The van der Waals surface area contributed by atoms with E-state index in [1.54, 1.807) is 21.0 Å². The van der Waals surface area contributed by atoms with Gasteiger partial charge in [0.1, 0.15) is 29.4 Å². The van der Waals surface area contributed by atoms with Gasteiger partial charge in [0.05, 0.1) is 12.3 Å². The summed E-state index contributed by atoms with van der Waals surface area (Å²) in [6, 6.07) is 1.32. The third-order valence-electron chi connectivity index (χ3n) is 3.85.